The van der Waals surface area contributed by atoms with Crippen LogP contribution in [0, 0.1) is 11.3 Å². The van der Waals surface area contributed by atoms with Gasteiger partial charge in [-0.25, -0.2) is 0 Å². The van der Waals surface area contributed by atoms with Crippen LogP contribution < -0.4 is 11.1 Å². The molecule has 2 saturated carbocycles. The van der Waals surface area contributed by atoms with Crippen LogP contribution in [-0.4, -0.2) is 18.5 Å². The number of hydrogen-bond donors (Lipinski definition) is 2. The first kappa shape index (κ1) is 16.5. The number of carbonyl (C=O) groups is 1. The minimum Gasteiger partial charge on any atom is -0.353 e. The second-order valence-corrected chi connectivity index (χ2v) is 7.64. The van der Waals surface area contributed by atoms with Crippen LogP contribution in [0.3, 0.4) is 0 Å². The minimum absolute atomic E-state index is 0.0587. The Morgan fingerprint density at radius 3 is 2.48 bits per heavy atom. The summed E-state index contributed by atoms with van der Waals surface area (Å²) in [7, 11) is 0. The predicted octanol–water partition coefficient (Wildman–Crippen LogP) is 3.42. The van der Waals surface area contributed by atoms with Crippen molar-refractivity contribution in [2.45, 2.75) is 63.8 Å². The summed E-state index contributed by atoms with van der Waals surface area (Å²) in [6, 6.07) is 10.8. The van der Waals surface area contributed by atoms with Gasteiger partial charge < -0.3 is 11.1 Å². The van der Waals surface area contributed by atoms with E-state index in [0.29, 0.717) is 24.9 Å². The topological polar surface area (TPSA) is 55.1 Å². The summed E-state index contributed by atoms with van der Waals surface area (Å²) in [6.45, 7) is 0.646. The van der Waals surface area contributed by atoms with E-state index >= 15 is 0 Å². The molecule has 0 aliphatic heterocycles. The van der Waals surface area contributed by atoms with Gasteiger partial charge in [0.2, 0.25) is 5.91 Å². The van der Waals surface area contributed by atoms with E-state index in [1.54, 1.807) is 0 Å². The number of nitrogens with one attached hydrogen (secondary N) is 1. The highest BCUT2D eigenvalue weighted by molar-refractivity contribution is 5.77. The first-order chi connectivity index (χ1) is 11.2. The molecule has 0 heterocycles. The van der Waals surface area contributed by atoms with Crippen molar-refractivity contribution in [3.63, 3.8) is 0 Å². The maximum absolute atomic E-state index is 12.6. The van der Waals surface area contributed by atoms with Gasteiger partial charge in [-0.3, -0.25) is 4.79 Å². The third kappa shape index (κ3) is 4.57. The lowest BCUT2D eigenvalue weighted by Crippen LogP contribution is -2.43. The first-order valence-corrected chi connectivity index (χ1v) is 9.24. The summed E-state index contributed by atoms with van der Waals surface area (Å²) in [5.41, 5.74) is 7.41. The third-order valence-corrected chi connectivity index (χ3v) is 5.72. The van der Waals surface area contributed by atoms with Gasteiger partial charge in [-0.2, -0.15) is 0 Å². The maximum Gasteiger partial charge on any atom is 0.220 e. The molecule has 23 heavy (non-hydrogen) atoms. The molecule has 1 unspecified atom stereocenters. The van der Waals surface area contributed by atoms with E-state index in [-0.39, 0.29) is 11.3 Å². The van der Waals surface area contributed by atoms with Gasteiger partial charge >= 0.3 is 0 Å². The molecule has 2 fully saturated rings. The van der Waals surface area contributed by atoms with Crippen LogP contribution in [0.15, 0.2) is 30.3 Å². The zero-order valence-corrected chi connectivity index (χ0v) is 14.1. The standard InChI is InChI=1S/C20H30N2O/c21-15-20(11-5-2-6-12-20)14-19(23)22-18(17-9-10-17)13-16-7-3-1-4-8-16/h1,3-4,7-8,17-18H,2,5-6,9-15,21H2,(H,22,23). The molecule has 3 heteroatoms. The zero-order chi connectivity index (χ0) is 16.1. The lowest BCUT2D eigenvalue weighted by Gasteiger charge is -2.36. The molecule has 0 bridgehead atoms. The Morgan fingerprint density at radius 2 is 1.87 bits per heavy atom. The number of amides is 1. The van der Waals surface area contributed by atoms with Gasteiger partial charge in [-0.15, -0.1) is 0 Å². The van der Waals surface area contributed by atoms with E-state index in [1.807, 2.05) is 6.07 Å². The van der Waals surface area contributed by atoms with Gasteiger partial charge in [0.15, 0.2) is 0 Å². The van der Waals surface area contributed by atoms with Crippen molar-refractivity contribution in [3.8, 4) is 0 Å². The summed E-state index contributed by atoms with van der Waals surface area (Å²) >= 11 is 0. The van der Waals surface area contributed by atoms with Gasteiger partial charge in [0, 0.05) is 12.5 Å². The second kappa shape index (κ2) is 7.48. The molecule has 0 spiro atoms. The van der Waals surface area contributed by atoms with Crippen LogP contribution in [-0.2, 0) is 11.2 Å². The van der Waals surface area contributed by atoms with Crippen molar-refractivity contribution < 1.29 is 4.79 Å². The molecule has 3 nitrogen and oxygen atoms in total. The largest absolute Gasteiger partial charge is 0.353 e. The average Bonchev–Trinajstić information content (AvgIpc) is 3.41. The van der Waals surface area contributed by atoms with Gasteiger partial charge in [-0.05, 0) is 55.5 Å². The van der Waals surface area contributed by atoms with Crippen molar-refractivity contribution in [1.29, 1.82) is 0 Å². The molecule has 1 aromatic carbocycles. The van der Waals surface area contributed by atoms with Gasteiger partial charge in [-0.1, -0.05) is 49.6 Å². The van der Waals surface area contributed by atoms with E-state index in [9.17, 15) is 4.79 Å². The van der Waals surface area contributed by atoms with E-state index in [2.05, 4.69) is 29.6 Å². The molecular formula is C20H30N2O. The molecule has 2 aliphatic rings. The number of carbonyl (C=O) groups excluding carboxylic acids is 1. The molecule has 0 radical (unpaired) electrons. The van der Waals surface area contributed by atoms with Gasteiger partial charge in [0.1, 0.15) is 0 Å². The maximum atomic E-state index is 12.6. The van der Waals surface area contributed by atoms with Crippen LogP contribution in [0.5, 0.6) is 0 Å². The summed E-state index contributed by atoms with van der Waals surface area (Å²) in [5.74, 6) is 0.879. The molecule has 126 valence electrons. The fourth-order valence-corrected chi connectivity index (χ4v) is 4.06. The van der Waals surface area contributed by atoms with Crippen molar-refractivity contribution in [1.82, 2.24) is 5.32 Å². The summed E-state index contributed by atoms with van der Waals surface area (Å²) in [6.07, 6.45) is 10.0. The Bertz CT molecular complexity index is 504. The molecule has 1 amide bonds. The van der Waals surface area contributed by atoms with Crippen molar-refractivity contribution in [3.05, 3.63) is 35.9 Å². The number of rotatable bonds is 7. The van der Waals surface area contributed by atoms with Gasteiger partial charge in [0.05, 0.1) is 0 Å². The normalized spacial score (nSPS) is 21.6. The lowest BCUT2D eigenvalue weighted by atomic mass is 9.71. The molecule has 1 aromatic rings. The van der Waals surface area contributed by atoms with Crippen molar-refractivity contribution in [2.24, 2.45) is 17.1 Å². The van der Waals surface area contributed by atoms with Crippen molar-refractivity contribution in [2.75, 3.05) is 6.54 Å². The Hall–Kier alpha value is -1.35. The number of benzene rings is 1. The highest BCUT2D eigenvalue weighted by Gasteiger charge is 2.36. The van der Waals surface area contributed by atoms with Crippen LogP contribution >= 0.6 is 0 Å². The predicted molar refractivity (Wildman–Crippen MR) is 94.0 cm³/mol. The van der Waals surface area contributed by atoms with Crippen molar-refractivity contribution >= 4 is 5.91 Å². The number of nitrogens with two attached hydrogens (primary N) is 1. The first-order valence-electron chi connectivity index (χ1n) is 9.24. The van der Waals surface area contributed by atoms with Crippen LogP contribution in [0.1, 0.15) is 56.9 Å². The van der Waals surface area contributed by atoms with Crippen LogP contribution in [0.2, 0.25) is 0 Å². The summed E-state index contributed by atoms with van der Waals surface area (Å²) < 4.78 is 0. The summed E-state index contributed by atoms with van der Waals surface area (Å²) in [5, 5.41) is 3.34. The second-order valence-electron chi connectivity index (χ2n) is 7.64. The van der Waals surface area contributed by atoms with Crippen LogP contribution in [0.25, 0.3) is 0 Å². The highest BCUT2D eigenvalue weighted by Crippen LogP contribution is 2.39. The average molecular weight is 314 g/mol. The Balaban J connectivity index is 1.58. The fourth-order valence-electron chi connectivity index (χ4n) is 4.06. The Labute approximate surface area is 140 Å². The van der Waals surface area contributed by atoms with E-state index in [1.165, 1.54) is 37.7 Å². The van der Waals surface area contributed by atoms with E-state index < -0.39 is 0 Å². The number of hydrogen-bond acceptors (Lipinski definition) is 2. The minimum atomic E-state index is 0.0587. The molecule has 0 aromatic heterocycles. The monoisotopic (exact) mass is 314 g/mol. The molecular weight excluding hydrogens is 284 g/mol. The smallest absolute Gasteiger partial charge is 0.220 e. The fraction of sp³-hybridized carbons (Fsp3) is 0.650. The quantitative estimate of drug-likeness (QED) is 0.810. The molecule has 0 saturated heterocycles. The van der Waals surface area contributed by atoms with Crippen LogP contribution in [0.4, 0.5) is 0 Å². The zero-order valence-electron chi connectivity index (χ0n) is 14.1. The highest BCUT2D eigenvalue weighted by atomic mass is 16.1. The lowest BCUT2D eigenvalue weighted by molar-refractivity contribution is -0.124. The molecule has 3 rings (SSSR count). The third-order valence-electron chi connectivity index (χ3n) is 5.72. The SMILES string of the molecule is NCC1(CC(=O)NC(Cc2ccccc2)C2CC2)CCCCC1. The van der Waals surface area contributed by atoms with Gasteiger partial charge in [0.25, 0.3) is 0 Å². The summed E-state index contributed by atoms with van der Waals surface area (Å²) in [4.78, 5) is 12.6. The van der Waals surface area contributed by atoms with E-state index in [4.69, 9.17) is 5.73 Å². The molecule has 2 aliphatic carbocycles. The Morgan fingerprint density at radius 1 is 1.17 bits per heavy atom. The molecule has 1 atom stereocenters. The van der Waals surface area contributed by atoms with E-state index in [0.717, 1.165) is 19.3 Å². The Kier molecular flexibility index (Phi) is 5.37. The molecule has 3 N–H and O–H groups in total.